The lowest BCUT2D eigenvalue weighted by atomic mass is 10.1. The first kappa shape index (κ1) is 23.2. The number of amides is 1. The summed E-state index contributed by atoms with van der Waals surface area (Å²) in [6.45, 7) is 8.35. The molecule has 7 nitrogen and oxygen atoms in total. The number of sulfone groups is 1. The fourth-order valence-electron chi connectivity index (χ4n) is 3.67. The van der Waals surface area contributed by atoms with Gasteiger partial charge in [-0.2, -0.15) is 0 Å². The van der Waals surface area contributed by atoms with Gasteiger partial charge in [0.2, 0.25) is 5.91 Å². The van der Waals surface area contributed by atoms with Gasteiger partial charge in [0.15, 0.2) is 9.84 Å². The number of hydrogen-bond acceptors (Lipinski definition) is 6. The topological polar surface area (TPSA) is 83.5 Å². The van der Waals surface area contributed by atoms with Gasteiger partial charge in [-0.3, -0.25) is 4.79 Å². The van der Waals surface area contributed by atoms with Crippen molar-refractivity contribution in [2.75, 3.05) is 42.6 Å². The van der Waals surface area contributed by atoms with E-state index in [0.29, 0.717) is 39.0 Å². The maximum Gasteiger partial charge on any atom is 0.237 e. The average Bonchev–Trinajstić information content (AvgIpc) is 2.73. The summed E-state index contributed by atoms with van der Waals surface area (Å²) in [6.07, 6.45) is 1.22. The predicted octanol–water partition coefficient (Wildman–Crippen LogP) is 2.60. The van der Waals surface area contributed by atoms with Gasteiger partial charge in [0, 0.05) is 43.9 Å². The Bertz CT molecular complexity index is 985. The molecule has 0 atom stereocenters. The summed E-state index contributed by atoms with van der Waals surface area (Å²) in [5, 5.41) is 0. The van der Waals surface area contributed by atoms with Crippen LogP contribution in [0.1, 0.15) is 43.3 Å². The van der Waals surface area contributed by atoms with Gasteiger partial charge in [-0.1, -0.05) is 44.2 Å². The van der Waals surface area contributed by atoms with Gasteiger partial charge in [0.1, 0.15) is 17.4 Å². The van der Waals surface area contributed by atoms with Crippen molar-refractivity contribution in [1.82, 2.24) is 14.9 Å². The van der Waals surface area contributed by atoms with Gasteiger partial charge in [0.25, 0.3) is 0 Å². The Balaban J connectivity index is 1.49. The van der Waals surface area contributed by atoms with Crippen LogP contribution in [0.15, 0.2) is 36.4 Å². The Morgan fingerprint density at radius 3 is 2.39 bits per heavy atom. The maximum atomic E-state index is 12.6. The summed E-state index contributed by atoms with van der Waals surface area (Å²) in [6, 6.07) is 11.8. The number of piperazine rings is 1. The second-order valence-electron chi connectivity index (χ2n) is 8.43. The lowest BCUT2D eigenvalue weighted by Crippen LogP contribution is -2.50. The number of hydrogen-bond donors (Lipinski definition) is 0. The third-order valence-electron chi connectivity index (χ3n) is 5.44. The van der Waals surface area contributed by atoms with E-state index >= 15 is 0 Å². The highest BCUT2D eigenvalue weighted by molar-refractivity contribution is 7.92. The molecular weight excluding hydrogens is 412 g/mol. The molecule has 2 aromatic rings. The zero-order valence-electron chi connectivity index (χ0n) is 18.6. The molecular formula is C23H32N4O3S. The second kappa shape index (κ2) is 10.2. The molecule has 31 heavy (non-hydrogen) atoms. The third kappa shape index (κ3) is 6.75. The number of carbonyl (C=O) groups is 1. The molecule has 0 aliphatic carbocycles. The van der Waals surface area contributed by atoms with Crippen LogP contribution in [0.5, 0.6) is 0 Å². The fourth-order valence-corrected chi connectivity index (χ4v) is 4.96. The first-order chi connectivity index (χ1) is 14.7. The van der Waals surface area contributed by atoms with Crippen LogP contribution in [0.4, 0.5) is 5.82 Å². The van der Waals surface area contributed by atoms with Crippen LogP contribution in [0, 0.1) is 6.92 Å². The number of nitrogens with zero attached hydrogens (tertiary/aromatic N) is 4. The van der Waals surface area contributed by atoms with Gasteiger partial charge in [0.05, 0.1) is 5.75 Å². The Hall–Kier alpha value is -2.48. The molecule has 0 bridgehead atoms. The summed E-state index contributed by atoms with van der Waals surface area (Å²) < 4.78 is 24.8. The van der Waals surface area contributed by atoms with E-state index in [2.05, 4.69) is 28.7 Å². The molecule has 1 aliphatic heterocycles. The monoisotopic (exact) mass is 444 g/mol. The van der Waals surface area contributed by atoms with Gasteiger partial charge in [-0.05, 0) is 25.3 Å². The normalized spacial score (nSPS) is 14.8. The number of aryl methyl sites for hydroxylation is 2. The van der Waals surface area contributed by atoms with Crippen LogP contribution in [-0.2, 0) is 21.1 Å². The molecule has 1 aromatic heterocycles. The summed E-state index contributed by atoms with van der Waals surface area (Å²) >= 11 is 0. The molecule has 2 heterocycles. The van der Waals surface area contributed by atoms with Crippen molar-refractivity contribution in [3.63, 3.8) is 0 Å². The average molecular weight is 445 g/mol. The zero-order chi connectivity index (χ0) is 22.4. The summed E-state index contributed by atoms with van der Waals surface area (Å²) in [5.41, 5.74) is 2.04. The van der Waals surface area contributed by atoms with Crippen molar-refractivity contribution in [1.29, 1.82) is 0 Å². The Morgan fingerprint density at radius 2 is 1.74 bits per heavy atom. The maximum absolute atomic E-state index is 12.6. The van der Waals surface area contributed by atoms with Crippen molar-refractivity contribution in [3.8, 4) is 0 Å². The third-order valence-corrected chi connectivity index (χ3v) is 7.04. The minimum atomic E-state index is -3.41. The highest BCUT2D eigenvalue weighted by Gasteiger charge is 2.26. The van der Waals surface area contributed by atoms with E-state index in [1.165, 1.54) is 0 Å². The molecule has 1 saturated heterocycles. The highest BCUT2D eigenvalue weighted by Crippen LogP contribution is 2.19. The first-order valence-corrected chi connectivity index (χ1v) is 12.7. The summed E-state index contributed by atoms with van der Waals surface area (Å²) in [5.74, 6) is 1.25. The van der Waals surface area contributed by atoms with Crippen molar-refractivity contribution in [2.24, 2.45) is 0 Å². The lowest BCUT2D eigenvalue weighted by Gasteiger charge is -2.35. The van der Waals surface area contributed by atoms with Crippen LogP contribution < -0.4 is 4.90 Å². The second-order valence-corrected chi connectivity index (χ2v) is 10.6. The molecule has 1 aliphatic rings. The van der Waals surface area contributed by atoms with Gasteiger partial charge in [-0.25, -0.2) is 18.4 Å². The van der Waals surface area contributed by atoms with Crippen LogP contribution in [0.25, 0.3) is 0 Å². The van der Waals surface area contributed by atoms with E-state index in [1.807, 2.05) is 43.3 Å². The number of benzene rings is 1. The molecule has 1 amide bonds. The van der Waals surface area contributed by atoms with Crippen LogP contribution >= 0.6 is 0 Å². The van der Waals surface area contributed by atoms with E-state index in [-0.39, 0.29) is 17.6 Å². The SMILES string of the molecule is Cc1cc(N2CCN(C(=O)CS(=O)(=O)CCCc3ccccc3)CC2)nc(C(C)C)n1. The van der Waals surface area contributed by atoms with Crippen molar-refractivity contribution < 1.29 is 13.2 Å². The minimum absolute atomic E-state index is 0.0335. The van der Waals surface area contributed by atoms with Gasteiger partial charge in [-0.15, -0.1) is 0 Å². The molecule has 0 saturated carbocycles. The lowest BCUT2D eigenvalue weighted by molar-refractivity contribution is -0.128. The number of anilines is 1. The van der Waals surface area contributed by atoms with Crippen LogP contribution in [0.2, 0.25) is 0 Å². The number of rotatable bonds is 8. The van der Waals surface area contributed by atoms with Gasteiger partial charge >= 0.3 is 0 Å². The Labute approximate surface area is 185 Å². The highest BCUT2D eigenvalue weighted by atomic mass is 32.2. The van der Waals surface area contributed by atoms with Crippen molar-refractivity contribution in [2.45, 2.75) is 39.5 Å². The molecule has 0 N–H and O–H groups in total. The first-order valence-electron chi connectivity index (χ1n) is 10.9. The molecule has 168 valence electrons. The molecule has 0 spiro atoms. The molecule has 8 heteroatoms. The minimum Gasteiger partial charge on any atom is -0.353 e. The summed E-state index contributed by atoms with van der Waals surface area (Å²) in [4.78, 5) is 25.5. The standard InChI is InChI=1S/C23H32N4O3S/c1-18(2)23-24-19(3)16-21(25-23)26-11-13-27(14-12-26)22(28)17-31(29,30)15-7-10-20-8-5-4-6-9-20/h4-6,8-9,16,18H,7,10-15,17H2,1-3H3. The fraction of sp³-hybridized carbons (Fsp3) is 0.522. The van der Waals surface area contributed by atoms with E-state index < -0.39 is 15.6 Å². The number of carbonyl (C=O) groups excluding carboxylic acids is 1. The molecule has 1 aromatic carbocycles. The van der Waals surface area contributed by atoms with E-state index in [0.717, 1.165) is 22.9 Å². The number of aromatic nitrogens is 2. The zero-order valence-corrected chi connectivity index (χ0v) is 19.4. The molecule has 0 unspecified atom stereocenters. The van der Waals surface area contributed by atoms with E-state index in [9.17, 15) is 13.2 Å². The van der Waals surface area contributed by atoms with Crippen molar-refractivity contribution >= 4 is 21.6 Å². The van der Waals surface area contributed by atoms with Crippen LogP contribution in [0.3, 0.4) is 0 Å². The van der Waals surface area contributed by atoms with Crippen molar-refractivity contribution in [3.05, 3.63) is 53.5 Å². The molecule has 3 rings (SSSR count). The smallest absolute Gasteiger partial charge is 0.237 e. The Morgan fingerprint density at radius 1 is 1.06 bits per heavy atom. The predicted molar refractivity (Wildman–Crippen MR) is 123 cm³/mol. The summed E-state index contributed by atoms with van der Waals surface area (Å²) in [7, 11) is -3.41. The quantitative estimate of drug-likeness (QED) is 0.622. The Kier molecular flexibility index (Phi) is 7.64. The van der Waals surface area contributed by atoms with E-state index in [4.69, 9.17) is 0 Å². The van der Waals surface area contributed by atoms with Crippen LogP contribution in [-0.4, -0.2) is 66.9 Å². The van der Waals surface area contributed by atoms with Gasteiger partial charge < -0.3 is 9.80 Å². The van der Waals surface area contributed by atoms with E-state index in [1.54, 1.807) is 4.90 Å². The molecule has 0 radical (unpaired) electrons. The largest absolute Gasteiger partial charge is 0.353 e. The molecule has 1 fully saturated rings.